The molecular weight excluding hydrogens is 340 g/mol. The molecule has 7 heteroatoms. The molecule has 0 unspecified atom stereocenters. The maximum absolute atomic E-state index is 5.30. The lowest BCUT2D eigenvalue weighted by molar-refractivity contribution is 0.311. The van der Waals surface area contributed by atoms with Gasteiger partial charge in [-0.05, 0) is 37.4 Å². The van der Waals surface area contributed by atoms with Gasteiger partial charge in [0.15, 0.2) is 5.65 Å². The van der Waals surface area contributed by atoms with Crippen molar-refractivity contribution in [3.8, 4) is 17.0 Å². The van der Waals surface area contributed by atoms with E-state index in [1.54, 1.807) is 7.11 Å². The number of imidazole rings is 1. The van der Waals surface area contributed by atoms with E-state index in [0.717, 1.165) is 65.8 Å². The van der Waals surface area contributed by atoms with E-state index in [1.807, 2.05) is 24.5 Å². The van der Waals surface area contributed by atoms with E-state index >= 15 is 0 Å². The highest BCUT2D eigenvalue weighted by atomic mass is 16.5. The van der Waals surface area contributed by atoms with Crippen molar-refractivity contribution in [1.29, 1.82) is 0 Å². The maximum atomic E-state index is 5.30. The first-order valence-corrected chi connectivity index (χ1v) is 9.17. The van der Waals surface area contributed by atoms with Crippen LogP contribution in [-0.4, -0.2) is 64.6 Å². The number of nitrogens with one attached hydrogen (secondary N) is 1. The summed E-state index contributed by atoms with van der Waals surface area (Å²) in [5.41, 5.74) is 4.94. The highest BCUT2D eigenvalue weighted by molar-refractivity contribution is 5.86. The zero-order chi connectivity index (χ0) is 18.4. The van der Waals surface area contributed by atoms with Gasteiger partial charge in [-0.2, -0.15) is 0 Å². The predicted molar refractivity (Wildman–Crippen MR) is 107 cm³/mol. The van der Waals surface area contributed by atoms with Crippen molar-refractivity contribution in [3.63, 3.8) is 0 Å². The molecule has 1 saturated heterocycles. The van der Waals surface area contributed by atoms with E-state index in [1.165, 1.54) is 0 Å². The molecule has 1 aliphatic heterocycles. The molecule has 4 heterocycles. The van der Waals surface area contributed by atoms with Crippen molar-refractivity contribution >= 4 is 22.6 Å². The number of hydrogen-bond acceptors (Lipinski definition) is 5. The van der Waals surface area contributed by atoms with Crippen LogP contribution < -0.4 is 9.64 Å². The number of aromatic nitrogens is 4. The van der Waals surface area contributed by atoms with Crippen molar-refractivity contribution in [2.24, 2.45) is 0 Å². The van der Waals surface area contributed by atoms with Crippen LogP contribution in [0.25, 0.3) is 27.9 Å². The first-order chi connectivity index (χ1) is 13.2. The highest BCUT2D eigenvalue weighted by Gasteiger charge is 2.23. The molecule has 0 atom stereocenters. The molecule has 1 fully saturated rings. The average molecular weight is 362 g/mol. The number of rotatable bonds is 3. The molecule has 4 aromatic rings. The Morgan fingerprint density at radius 3 is 2.52 bits per heavy atom. The average Bonchev–Trinajstić information content (AvgIpc) is 3.33. The number of piperazine rings is 1. The first-order valence-electron chi connectivity index (χ1n) is 9.17. The summed E-state index contributed by atoms with van der Waals surface area (Å²) in [4.78, 5) is 17.6. The van der Waals surface area contributed by atoms with Crippen LogP contribution in [0.5, 0.6) is 5.75 Å². The molecule has 0 spiro atoms. The van der Waals surface area contributed by atoms with Crippen molar-refractivity contribution in [3.05, 3.63) is 42.7 Å². The minimum atomic E-state index is 0.840. The normalized spacial score (nSPS) is 15.7. The molecule has 138 valence electrons. The molecule has 0 radical (unpaired) electrons. The van der Waals surface area contributed by atoms with Gasteiger partial charge in [0.1, 0.15) is 5.75 Å². The summed E-state index contributed by atoms with van der Waals surface area (Å²) < 4.78 is 7.52. The van der Waals surface area contributed by atoms with Crippen LogP contribution in [0.1, 0.15) is 0 Å². The van der Waals surface area contributed by atoms with Crippen LogP contribution in [0, 0.1) is 0 Å². The highest BCUT2D eigenvalue weighted by Crippen LogP contribution is 2.32. The van der Waals surface area contributed by atoms with Crippen LogP contribution in [0.3, 0.4) is 0 Å². The fraction of sp³-hybridized carbons (Fsp3) is 0.300. The number of anilines is 1. The molecule has 1 aliphatic rings. The number of hydrogen-bond donors (Lipinski definition) is 1. The Morgan fingerprint density at radius 2 is 1.78 bits per heavy atom. The number of ether oxygens (including phenoxy) is 1. The van der Waals surface area contributed by atoms with Gasteiger partial charge in [-0.15, -0.1) is 0 Å². The zero-order valence-corrected chi connectivity index (χ0v) is 15.5. The quantitative estimate of drug-likeness (QED) is 0.607. The number of H-pyrrole nitrogens is 1. The van der Waals surface area contributed by atoms with E-state index in [2.05, 4.69) is 49.4 Å². The second-order valence-corrected chi connectivity index (χ2v) is 6.97. The molecule has 0 aliphatic carbocycles. The minimum absolute atomic E-state index is 0.840. The number of fused-ring (bicyclic) bond motifs is 3. The number of methoxy groups -OCH3 is 1. The van der Waals surface area contributed by atoms with E-state index in [4.69, 9.17) is 9.72 Å². The van der Waals surface area contributed by atoms with E-state index in [9.17, 15) is 0 Å². The number of benzene rings is 1. The molecule has 0 amide bonds. The summed E-state index contributed by atoms with van der Waals surface area (Å²) in [6.07, 6.45) is 3.84. The Balaban J connectivity index is 1.71. The Bertz CT molecular complexity index is 1090. The molecule has 5 rings (SSSR count). The second kappa shape index (κ2) is 6.28. The van der Waals surface area contributed by atoms with E-state index < -0.39 is 0 Å². The summed E-state index contributed by atoms with van der Waals surface area (Å²) in [6.45, 7) is 4.00. The molecule has 7 nitrogen and oxygen atoms in total. The molecule has 1 aromatic carbocycles. The largest absolute Gasteiger partial charge is 0.497 e. The Morgan fingerprint density at radius 1 is 1.00 bits per heavy atom. The molecule has 3 aromatic heterocycles. The lowest BCUT2D eigenvalue weighted by Crippen LogP contribution is -2.45. The van der Waals surface area contributed by atoms with Gasteiger partial charge in [0.2, 0.25) is 5.95 Å². The lowest BCUT2D eigenvalue weighted by atomic mass is 10.1. The molecule has 27 heavy (non-hydrogen) atoms. The summed E-state index contributed by atoms with van der Waals surface area (Å²) in [5.74, 6) is 1.82. The van der Waals surface area contributed by atoms with Crippen LogP contribution in [-0.2, 0) is 0 Å². The third-order valence-electron chi connectivity index (χ3n) is 5.31. The van der Waals surface area contributed by atoms with Gasteiger partial charge in [0, 0.05) is 37.9 Å². The van der Waals surface area contributed by atoms with E-state index in [0.29, 0.717) is 0 Å². The Labute approximate surface area is 157 Å². The standard InChI is InChI=1S/C20H22N6O/c1-24-9-11-25(12-10-24)20-23-18(14-3-5-15(27-2)6-4-14)17-13-22-19-16(26(17)20)7-8-21-19/h3-8,13,21H,9-12H2,1-2H3. The summed E-state index contributed by atoms with van der Waals surface area (Å²) in [7, 11) is 3.84. The van der Waals surface area contributed by atoms with Gasteiger partial charge in [-0.1, -0.05) is 0 Å². The summed E-state index contributed by atoms with van der Waals surface area (Å²) >= 11 is 0. The predicted octanol–water partition coefficient (Wildman–Crippen LogP) is 2.64. The lowest BCUT2D eigenvalue weighted by Gasteiger charge is -2.32. The van der Waals surface area contributed by atoms with Gasteiger partial charge >= 0.3 is 0 Å². The number of aromatic amines is 1. The Hall–Kier alpha value is -3.06. The van der Waals surface area contributed by atoms with Crippen LogP contribution in [0.2, 0.25) is 0 Å². The molecule has 0 bridgehead atoms. The first kappa shape index (κ1) is 16.1. The monoisotopic (exact) mass is 362 g/mol. The third kappa shape index (κ3) is 2.62. The number of likely N-dealkylation sites (N-methyl/N-ethyl adjacent to an activating group) is 1. The van der Waals surface area contributed by atoms with Gasteiger partial charge in [0.25, 0.3) is 0 Å². The van der Waals surface area contributed by atoms with Crippen LogP contribution in [0.15, 0.2) is 42.7 Å². The fourth-order valence-corrected chi connectivity index (χ4v) is 3.72. The van der Waals surface area contributed by atoms with Crippen LogP contribution >= 0.6 is 0 Å². The topological polar surface area (TPSA) is 61.7 Å². The Kier molecular flexibility index (Phi) is 3.75. The van der Waals surface area contributed by atoms with Gasteiger partial charge in [0.05, 0.1) is 30.0 Å². The SMILES string of the molecule is COc1ccc(-c2nc(N3CCN(C)CC3)n3c2cnc2[nH]ccc23)cc1. The van der Waals surface area contributed by atoms with Crippen molar-refractivity contribution in [2.75, 3.05) is 45.2 Å². The minimum Gasteiger partial charge on any atom is -0.497 e. The number of nitrogens with zero attached hydrogens (tertiary/aromatic N) is 5. The van der Waals surface area contributed by atoms with Crippen molar-refractivity contribution in [2.45, 2.75) is 0 Å². The van der Waals surface area contributed by atoms with Gasteiger partial charge < -0.3 is 19.5 Å². The van der Waals surface area contributed by atoms with E-state index in [-0.39, 0.29) is 0 Å². The van der Waals surface area contributed by atoms with Gasteiger partial charge in [-0.25, -0.2) is 9.97 Å². The zero-order valence-electron chi connectivity index (χ0n) is 15.5. The molecular formula is C20H22N6O. The smallest absolute Gasteiger partial charge is 0.211 e. The molecule has 1 N–H and O–H groups in total. The summed E-state index contributed by atoms with van der Waals surface area (Å²) in [6, 6.07) is 10.1. The third-order valence-corrected chi connectivity index (χ3v) is 5.31. The molecule has 0 saturated carbocycles. The summed E-state index contributed by atoms with van der Waals surface area (Å²) in [5, 5.41) is 0. The van der Waals surface area contributed by atoms with Crippen molar-refractivity contribution < 1.29 is 4.74 Å². The fourth-order valence-electron chi connectivity index (χ4n) is 3.72. The van der Waals surface area contributed by atoms with Crippen molar-refractivity contribution in [1.82, 2.24) is 24.3 Å². The van der Waals surface area contributed by atoms with Crippen LogP contribution in [0.4, 0.5) is 5.95 Å². The maximum Gasteiger partial charge on any atom is 0.211 e. The second-order valence-electron chi connectivity index (χ2n) is 6.97. The van der Waals surface area contributed by atoms with Gasteiger partial charge in [-0.3, -0.25) is 4.40 Å².